The van der Waals surface area contributed by atoms with Crippen molar-refractivity contribution in [2.75, 3.05) is 38.1 Å². The molecular weight excluding hydrogens is 278 g/mol. The third kappa shape index (κ3) is 2.91. The van der Waals surface area contributed by atoms with Gasteiger partial charge in [0.05, 0.1) is 32.2 Å². The quantitative estimate of drug-likeness (QED) is 0.649. The predicted molar refractivity (Wildman–Crippen MR) is 84.0 cm³/mol. The number of nitrogens with one attached hydrogen (secondary N) is 2. The fourth-order valence-electron chi connectivity index (χ4n) is 3.51. The summed E-state index contributed by atoms with van der Waals surface area (Å²) < 4.78 is 0. The number of benzene rings is 1. The minimum absolute atomic E-state index is 0.0246. The highest BCUT2D eigenvalue weighted by Gasteiger charge is 2.46. The number of anilines is 1. The molecule has 2 aliphatic rings. The molecule has 22 heavy (non-hydrogen) atoms. The highest BCUT2D eigenvalue weighted by molar-refractivity contribution is 6.21. The van der Waals surface area contributed by atoms with Gasteiger partial charge in [-0.3, -0.25) is 9.59 Å². The first-order valence-electron chi connectivity index (χ1n) is 8.15. The second kappa shape index (κ2) is 6.18. The minimum atomic E-state index is -0.195. The van der Waals surface area contributed by atoms with E-state index in [0.29, 0.717) is 12.1 Å². The van der Waals surface area contributed by atoms with Crippen LogP contribution in [-0.2, 0) is 9.59 Å². The summed E-state index contributed by atoms with van der Waals surface area (Å²) in [6, 6.07) is 7.42. The first-order chi connectivity index (χ1) is 10.6. The van der Waals surface area contributed by atoms with Gasteiger partial charge in [-0.15, -0.1) is 0 Å². The highest BCUT2D eigenvalue weighted by atomic mass is 16.2. The number of carbonyl (C=O) groups is 2. The first kappa shape index (κ1) is 15.2. The van der Waals surface area contributed by atoms with E-state index < -0.39 is 0 Å². The monoisotopic (exact) mass is 303 g/mol. The average Bonchev–Trinajstić information content (AvgIpc) is 2.66. The van der Waals surface area contributed by atoms with Crippen molar-refractivity contribution in [3.05, 3.63) is 29.8 Å². The summed E-state index contributed by atoms with van der Waals surface area (Å²) in [6.45, 7) is 6.18. The smallest absolute Gasteiger partial charge is 0.292 e. The van der Waals surface area contributed by atoms with Crippen LogP contribution in [0.2, 0.25) is 0 Å². The Hall–Kier alpha value is -1.72. The van der Waals surface area contributed by atoms with E-state index in [-0.39, 0.29) is 17.9 Å². The Balaban J connectivity index is 1.77. The number of nitrogens with zero attached hydrogens (tertiary/aromatic N) is 1. The molecule has 0 saturated carbocycles. The maximum atomic E-state index is 12.8. The molecule has 2 heterocycles. The van der Waals surface area contributed by atoms with Gasteiger partial charge in [0.25, 0.3) is 5.91 Å². The molecule has 5 nitrogen and oxygen atoms in total. The average molecular weight is 303 g/mol. The van der Waals surface area contributed by atoms with Gasteiger partial charge in [0.2, 0.25) is 5.91 Å². The largest absolute Gasteiger partial charge is 0.333 e. The molecule has 2 saturated heterocycles. The van der Waals surface area contributed by atoms with Crippen LogP contribution in [0.25, 0.3) is 0 Å². The molecule has 5 heteroatoms. The fraction of sp³-hybridized carbons (Fsp3) is 0.529. The van der Waals surface area contributed by atoms with Gasteiger partial charge >= 0.3 is 0 Å². The lowest BCUT2D eigenvalue weighted by Crippen LogP contribution is -3.19. The van der Waals surface area contributed by atoms with E-state index >= 15 is 0 Å². The van der Waals surface area contributed by atoms with E-state index in [4.69, 9.17) is 0 Å². The molecule has 118 valence electrons. The molecule has 2 aliphatic heterocycles. The van der Waals surface area contributed by atoms with Crippen molar-refractivity contribution in [2.24, 2.45) is 0 Å². The summed E-state index contributed by atoms with van der Waals surface area (Å²) in [4.78, 5) is 29.3. The topological polar surface area (TPSA) is 46.3 Å². The van der Waals surface area contributed by atoms with Gasteiger partial charge in [0, 0.05) is 6.42 Å². The number of amides is 2. The molecule has 3 atom stereocenters. The normalized spacial score (nSPS) is 29.7. The molecular formula is C17H25N3O2+2. The Morgan fingerprint density at radius 1 is 1.05 bits per heavy atom. The molecule has 1 aromatic rings. The lowest BCUT2D eigenvalue weighted by molar-refractivity contribution is -0.939. The molecule has 2 unspecified atom stereocenters. The van der Waals surface area contributed by atoms with Crippen molar-refractivity contribution in [3.8, 4) is 0 Å². The lowest BCUT2D eigenvalue weighted by atomic mass is 10.2. The highest BCUT2D eigenvalue weighted by Crippen LogP contribution is 2.22. The van der Waals surface area contributed by atoms with Crippen LogP contribution >= 0.6 is 0 Å². The van der Waals surface area contributed by atoms with E-state index in [1.807, 2.05) is 31.2 Å². The van der Waals surface area contributed by atoms with Crippen molar-refractivity contribution in [1.29, 1.82) is 0 Å². The Kier molecular flexibility index (Phi) is 4.27. The number of rotatable bonds is 2. The van der Waals surface area contributed by atoms with Crippen LogP contribution < -0.4 is 14.7 Å². The molecule has 0 aromatic heterocycles. The first-order valence-corrected chi connectivity index (χ1v) is 8.15. The second-order valence-corrected chi connectivity index (χ2v) is 6.63. The minimum Gasteiger partial charge on any atom is -0.333 e. The van der Waals surface area contributed by atoms with Crippen LogP contribution in [0.5, 0.6) is 0 Å². The number of hydrogen-bond donors (Lipinski definition) is 2. The number of carbonyl (C=O) groups excluding carboxylic acids is 2. The SMILES string of the molecule is Cc1ccc(N2C(=O)C[C@H]([NH+]3CCC[NH+](C)CC3)C2=O)cc1. The number of aryl methyl sites for hydroxylation is 1. The standard InChI is InChI=1S/C17H23N3O2/c1-13-4-6-14(7-5-13)20-16(21)12-15(17(20)22)19-9-3-8-18(2)10-11-19/h4-7,15H,3,8-12H2,1-2H3/p+2/t15-/m0/s1. The lowest BCUT2D eigenvalue weighted by Gasteiger charge is -2.22. The summed E-state index contributed by atoms with van der Waals surface area (Å²) in [7, 11) is 2.20. The maximum Gasteiger partial charge on any atom is 0.292 e. The Bertz CT molecular complexity index is 570. The fourth-order valence-corrected chi connectivity index (χ4v) is 3.51. The van der Waals surface area contributed by atoms with E-state index in [1.165, 1.54) is 14.7 Å². The van der Waals surface area contributed by atoms with Crippen LogP contribution in [0.1, 0.15) is 18.4 Å². The number of imide groups is 1. The summed E-state index contributed by atoms with van der Waals surface area (Å²) in [5.41, 5.74) is 1.84. The Labute approximate surface area is 131 Å². The Morgan fingerprint density at radius 3 is 2.50 bits per heavy atom. The third-order valence-corrected chi connectivity index (χ3v) is 4.91. The van der Waals surface area contributed by atoms with Gasteiger partial charge in [0.15, 0.2) is 6.04 Å². The molecule has 0 spiro atoms. The van der Waals surface area contributed by atoms with Crippen LogP contribution in [0.4, 0.5) is 5.69 Å². The van der Waals surface area contributed by atoms with Crippen molar-refractivity contribution >= 4 is 17.5 Å². The van der Waals surface area contributed by atoms with Crippen LogP contribution in [0.15, 0.2) is 24.3 Å². The summed E-state index contributed by atoms with van der Waals surface area (Å²) in [6.07, 6.45) is 1.46. The van der Waals surface area contributed by atoms with E-state index in [1.54, 1.807) is 0 Å². The molecule has 2 amide bonds. The van der Waals surface area contributed by atoms with Gasteiger partial charge in [-0.1, -0.05) is 17.7 Å². The molecule has 1 aromatic carbocycles. The summed E-state index contributed by atoms with van der Waals surface area (Å²) in [5.74, 6) is -0.0836. The summed E-state index contributed by atoms with van der Waals surface area (Å²) >= 11 is 0. The molecule has 0 bridgehead atoms. The number of quaternary nitrogens is 2. The van der Waals surface area contributed by atoms with Crippen molar-refractivity contribution in [3.63, 3.8) is 0 Å². The molecule has 3 rings (SSSR count). The zero-order valence-electron chi connectivity index (χ0n) is 13.4. The van der Waals surface area contributed by atoms with Crippen LogP contribution in [-0.4, -0.2) is 51.1 Å². The third-order valence-electron chi connectivity index (χ3n) is 4.91. The van der Waals surface area contributed by atoms with Gasteiger partial charge in [0.1, 0.15) is 13.1 Å². The molecule has 2 N–H and O–H groups in total. The molecule has 0 radical (unpaired) electrons. The van der Waals surface area contributed by atoms with Crippen LogP contribution in [0, 0.1) is 6.92 Å². The zero-order chi connectivity index (χ0) is 15.7. The molecule has 2 fully saturated rings. The Morgan fingerprint density at radius 2 is 1.77 bits per heavy atom. The predicted octanol–water partition coefficient (Wildman–Crippen LogP) is -1.57. The summed E-state index contributed by atoms with van der Waals surface area (Å²) in [5, 5.41) is 0. The van der Waals surface area contributed by atoms with E-state index in [9.17, 15) is 9.59 Å². The van der Waals surface area contributed by atoms with E-state index in [2.05, 4.69) is 7.05 Å². The van der Waals surface area contributed by atoms with Crippen molar-refractivity contribution in [2.45, 2.75) is 25.8 Å². The van der Waals surface area contributed by atoms with Gasteiger partial charge in [-0.05, 0) is 19.1 Å². The second-order valence-electron chi connectivity index (χ2n) is 6.63. The van der Waals surface area contributed by atoms with Gasteiger partial charge < -0.3 is 9.80 Å². The van der Waals surface area contributed by atoms with Crippen molar-refractivity contribution < 1.29 is 19.4 Å². The van der Waals surface area contributed by atoms with E-state index in [0.717, 1.165) is 38.2 Å². The number of likely N-dealkylation sites (N-methyl/N-ethyl adjacent to an activating group) is 1. The van der Waals surface area contributed by atoms with Crippen LogP contribution in [0.3, 0.4) is 0 Å². The van der Waals surface area contributed by atoms with Crippen molar-refractivity contribution in [1.82, 2.24) is 0 Å². The molecule has 0 aliphatic carbocycles. The number of hydrogen-bond acceptors (Lipinski definition) is 2. The maximum absolute atomic E-state index is 12.8. The van der Waals surface area contributed by atoms with Gasteiger partial charge in [-0.25, -0.2) is 4.90 Å². The zero-order valence-corrected chi connectivity index (χ0v) is 13.4. The van der Waals surface area contributed by atoms with Gasteiger partial charge in [-0.2, -0.15) is 0 Å².